The zero-order chi connectivity index (χ0) is 17.3. The van der Waals surface area contributed by atoms with Gasteiger partial charge in [-0.25, -0.2) is 9.97 Å². The molecule has 3 rings (SSSR count). The van der Waals surface area contributed by atoms with Gasteiger partial charge in [0.05, 0.1) is 5.39 Å². The zero-order valence-electron chi connectivity index (χ0n) is 15.6. The largest absolute Gasteiger partial charge is 0.368 e. The van der Waals surface area contributed by atoms with Crippen molar-refractivity contribution in [2.24, 2.45) is 11.3 Å². The van der Waals surface area contributed by atoms with Gasteiger partial charge in [-0.2, -0.15) is 0 Å². The van der Waals surface area contributed by atoms with Gasteiger partial charge < -0.3 is 10.2 Å². The number of aryl methyl sites for hydroxylation is 1. The Labute approximate surface area is 149 Å². The molecular weight excluding hydrogens is 316 g/mol. The van der Waals surface area contributed by atoms with Gasteiger partial charge in [-0.3, -0.25) is 0 Å². The molecule has 1 aliphatic carbocycles. The first kappa shape index (κ1) is 17.6. The number of anilines is 1. The highest BCUT2D eigenvalue weighted by Crippen LogP contribution is 2.45. The average molecular weight is 347 g/mol. The number of fused-ring (bicyclic) bond motifs is 3. The maximum atomic E-state index is 4.56. The van der Waals surface area contributed by atoms with Crippen molar-refractivity contribution >= 4 is 27.4 Å². The molecule has 1 atom stereocenters. The molecule has 0 saturated carbocycles. The minimum absolute atomic E-state index is 0.403. The molecule has 2 aromatic heterocycles. The lowest BCUT2D eigenvalue weighted by atomic mass is 9.69. The van der Waals surface area contributed by atoms with Crippen LogP contribution < -0.4 is 5.32 Å². The summed E-state index contributed by atoms with van der Waals surface area (Å²) in [7, 11) is 4.20. The lowest BCUT2D eigenvalue weighted by Crippen LogP contribution is -2.28. The van der Waals surface area contributed by atoms with Gasteiger partial charge in [-0.05, 0) is 50.3 Å². The van der Waals surface area contributed by atoms with E-state index in [1.807, 2.05) is 11.3 Å². The van der Waals surface area contributed by atoms with E-state index in [2.05, 4.69) is 55.1 Å². The summed E-state index contributed by atoms with van der Waals surface area (Å²) >= 11 is 1.87. The molecule has 5 heteroatoms. The maximum absolute atomic E-state index is 4.56. The first-order valence-corrected chi connectivity index (χ1v) is 9.88. The van der Waals surface area contributed by atoms with Crippen LogP contribution in [-0.4, -0.2) is 42.1 Å². The third-order valence-electron chi connectivity index (χ3n) is 5.71. The van der Waals surface area contributed by atoms with Gasteiger partial charge in [0.15, 0.2) is 0 Å². The summed E-state index contributed by atoms with van der Waals surface area (Å²) in [6.07, 6.45) is 6.61. The molecule has 2 aromatic rings. The van der Waals surface area contributed by atoms with Crippen LogP contribution in [0.25, 0.3) is 10.2 Å². The molecule has 0 aliphatic heterocycles. The Kier molecular flexibility index (Phi) is 5.11. The van der Waals surface area contributed by atoms with Crippen LogP contribution in [0.4, 0.5) is 5.82 Å². The van der Waals surface area contributed by atoms with Crippen LogP contribution in [0.15, 0.2) is 6.33 Å². The van der Waals surface area contributed by atoms with E-state index in [0.717, 1.165) is 29.7 Å². The topological polar surface area (TPSA) is 41.1 Å². The first-order valence-electron chi connectivity index (χ1n) is 9.06. The van der Waals surface area contributed by atoms with E-state index in [4.69, 9.17) is 0 Å². The van der Waals surface area contributed by atoms with Crippen LogP contribution in [0, 0.1) is 11.3 Å². The molecule has 0 radical (unpaired) electrons. The molecule has 2 heterocycles. The van der Waals surface area contributed by atoms with E-state index in [9.17, 15) is 0 Å². The highest BCUT2D eigenvalue weighted by molar-refractivity contribution is 7.19. The Morgan fingerprint density at radius 2 is 2.12 bits per heavy atom. The van der Waals surface area contributed by atoms with E-state index >= 15 is 0 Å². The van der Waals surface area contributed by atoms with Crippen molar-refractivity contribution in [1.29, 1.82) is 0 Å². The highest BCUT2D eigenvalue weighted by atomic mass is 32.1. The summed E-state index contributed by atoms with van der Waals surface area (Å²) in [4.78, 5) is 14.0. The monoisotopic (exact) mass is 346 g/mol. The summed E-state index contributed by atoms with van der Waals surface area (Å²) in [6, 6.07) is 0. The standard InChI is InChI=1S/C19H30N4S/c1-6-19(2,3)13-7-8-15-14(11-13)16-17(20-9-10-23(4)5)21-12-22-18(16)24-15/h12-13H,6-11H2,1-5H3,(H,20,21,22). The highest BCUT2D eigenvalue weighted by Gasteiger charge is 2.33. The molecule has 0 fully saturated rings. The summed E-state index contributed by atoms with van der Waals surface area (Å²) < 4.78 is 0. The Hall–Kier alpha value is -1.20. The molecule has 4 nitrogen and oxygen atoms in total. The second-order valence-electron chi connectivity index (χ2n) is 7.92. The molecule has 0 bridgehead atoms. The normalized spacial score (nSPS) is 18.2. The van der Waals surface area contributed by atoms with Gasteiger partial charge in [0, 0.05) is 18.0 Å². The molecule has 0 amide bonds. The zero-order valence-corrected chi connectivity index (χ0v) is 16.5. The summed E-state index contributed by atoms with van der Waals surface area (Å²) in [6.45, 7) is 9.07. The van der Waals surface area contributed by atoms with E-state index in [1.165, 1.54) is 41.5 Å². The quantitative estimate of drug-likeness (QED) is 0.851. The van der Waals surface area contributed by atoms with Crippen molar-refractivity contribution in [2.75, 3.05) is 32.5 Å². The molecule has 132 valence electrons. The SMILES string of the molecule is CCC(C)(C)C1CCc2sc3ncnc(NCCN(C)C)c3c2C1. The lowest BCUT2D eigenvalue weighted by Gasteiger charge is -2.36. The van der Waals surface area contributed by atoms with Crippen LogP contribution in [0.3, 0.4) is 0 Å². The molecule has 1 unspecified atom stereocenters. The van der Waals surface area contributed by atoms with E-state index in [1.54, 1.807) is 6.33 Å². The summed E-state index contributed by atoms with van der Waals surface area (Å²) in [5, 5.41) is 4.82. The molecule has 0 aromatic carbocycles. The van der Waals surface area contributed by atoms with Gasteiger partial charge in [0.25, 0.3) is 0 Å². The van der Waals surface area contributed by atoms with Crippen molar-refractivity contribution in [3.8, 4) is 0 Å². The Morgan fingerprint density at radius 3 is 2.83 bits per heavy atom. The second kappa shape index (κ2) is 6.96. The first-order chi connectivity index (χ1) is 11.4. The van der Waals surface area contributed by atoms with Gasteiger partial charge in [-0.1, -0.05) is 27.2 Å². The number of hydrogen-bond donors (Lipinski definition) is 1. The maximum Gasteiger partial charge on any atom is 0.138 e. The van der Waals surface area contributed by atoms with Crippen molar-refractivity contribution < 1.29 is 0 Å². The van der Waals surface area contributed by atoms with E-state index in [0.29, 0.717) is 5.41 Å². The Bertz CT molecular complexity index is 705. The number of aromatic nitrogens is 2. The Balaban J connectivity index is 1.92. The lowest BCUT2D eigenvalue weighted by molar-refractivity contribution is 0.184. The number of hydrogen-bond acceptors (Lipinski definition) is 5. The molecule has 1 N–H and O–H groups in total. The summed E-state index contributed by atoms with van der Waals surface area (Å²) in [5.74, 6) is 1.77. The van der Waals surface area contributed by atoms with Gasteiger partial charge in [0.1, 0.15) is 17.0 Å². The van der Waals surface area contributed by atoms with Gasteiger partial charge in [0.2, 0.25) is 0 Å². The van der Waals surface area contributed by atoms with Crippen molar-refractivity contribution in [2.45, 2.75) is 46.5 Å². The predicted octanol–water partition coefficient (Wildman–Crippen LogP) is 4.21. The van der Waals surface area contributed by atoms with Gasteiger partial charge in [-0.15, -0.1) is 11.3 Å². The minimum atomic E-state index is 0.403. The average Bonchev–Trinajstić information content (AvgIpc) is 2.93. The van der Waals surface area contributed by atoms with Crippen LogP contribution in [0.5, 0.6) is 0 Å². The number of thiophene rings is 1. The number of nitrogens with zero attached hydrogens (tertiary/aromatic N) is 3. The van der Waals surface area contributed by atoms with Crippen LogP contribution >= 0.6 is 11.3 Å². The smallest absolute Gasteiger partial charge is 0.138 e. The molecule has 24 heavy (non-hydrogen) atoms. The van der Waals surface area contributed by atoms with Crippen LogP contribution in [0.2, 0.25) is 0 Å². The predicted molar refractivity (Wildman–Crippen MR) is 104 cm³/mol. The van der Waals surface area contributed by atoms with Crippen LogP contribution in [-0.2, 0) is 12.8 Å². The van der Waals surface area contributed by atoms with Crippen molar-refractivity contribution in [3.05, 3.63) is 16.8 Å². The fourth-order valence-electron chi connectivity index (χ4n) is 3.60. The molecule has 1 aliphatic rings. The number of nitrogens with one attached hydrogen (secondary N) is 1. The minimum Gasteiger partial charge on any atom is -0.368 e. The summed E-state index contributed by atoms with van der Waals surface area (Å²) in [5.41, 5.74) is 1.92. The van der Waals surface area contributed by atoms with Crippen molar-refractivity contribution in [3.63, 3.8) is 0 Å². The molecule has 0 spiro atoms. The number of likely N-dealkylation sites (N-methyl/N-ethyl adjacent to an activating group) is 1. The third kappa shape index (κ3) is 3.42. The second-order valence-corrected chi connectivity index (χ2v) is 9.00. The van der Waals surface area contributed by atoms with Crippen molar-refractivity contribution in [1.82, 2.24) is 14.9 Å². The fraction of sp³-hybridized carbons (Fsp3) is 0.684. The molecule has 0 saturated heterocycles. The third-order valence-corrected chi connectivity index (χ3v) is 6.91. The Morgan fingerprint density at radius 1 is 1.33 bits per heavy atom. The molecular formula is C19H30N4S. The van der Waals surface area contributed by atoms with E-state index in [-0.39, 0.29) is 0 Å². The number of rotatable bonds is 6. The van der Waals surface area contributed by atoms with Gasteiger partial charge >= 0.3 is 0 Å². The fourth-order valence-corrected chi connectivity index (χ4v) is 4.78. The van der Waals surface area contributed by atoms with Crippen LogP contribution in [0.1, 0.15) is 44.1 Å². The van der Waals surface area contributed by atoms with E-state index < -0.39 is 0 Å².